The topological polar surface area (TPSA) is 65.5 Å². The Hall–Kier alpha value is -2.25. The van der Waals surface area contributed by atoms with Crippen LogP contribution in [0.15, 0.2) is 35.7 Å². The van der Waals surface area contributed by atoms with E-state index < -0.39 is 0 Å². The zero-order valence-electron chi connectivity index (χ0n) is 15.0. The fourth-order valence-corrected chi connectivity index (χ4v) is 3.30. The smallest absolute Gasteiger partial charge is 0.234 e. The number of hydrogen-bond acceptors (Lipinski definition) is 5. The van der Waals surface area contributed by atoms with Gasteiger partial charge in [0.05, 0.1) is 17.9 Å². The van der Waals surface area contributed by atoms with E-state index in [2.05, 4.69) is 10.3 Å². The molecule has 7 heteroatoms. The van der Waals surface area contributed by atoms with Gasteiger partial charge in [0.25, 0.3) is 0 Å². The fraction of sp³-hybridized carbons (Fsp3) is 0.389. The Bertz CT molecular complexity index is 715. The first-order chi connectivity index (χ1) is 11.9. The van der Waals surface area contributed by atoms with Crippen molar-refractivity contribution >= 4 is 34.0 Å². The van der Waals surface area contributed by atoms with Crippen LogP contribution >= 0.6 is 11.3 Å². The van der Waals surface area contributed by atoms with Crippen LogP contribution in [0.4, 0.5) is 10.8 Å². The largest absolute Gasteiger partial charge is 0.353 e. The molecule has 134 valence electrons. The van der Waals surface area contributed by atoms with Gasteiger partial charge in [0.15, 0.2) is 5.13 Å². The van der Waals surface area contributed by atoms with E-state index in [0.717, 1.165) is 11.4 Å². The maximum Gasteiger partial charge on any atom is 0.234 e. The Labute approximate surface area is 152 Å². The van der Waals surface area contributed by atoms with E-state index in [-0.39, 0.29) is 17.9 Å². The summed E-state index contributed by atoms with van der Waals surface area (Å²) in [6.07, 6.45) is 0. The van der Waals surface area contributed by atoms with Gasteiger partial charge >= 0.3 is 0 Å². The summed E-state index contributed by atoms with van der Waals surface area (Å²) < 4.78 is 0. The lowest BCUT2D eigenvalue weighted by molar-refractivity contribution is -0.122. The molecule has 1 aromatic carbocycles. The lowest BCUT2D eigenvalue weighted by Gasteiger charge is -2.18. The average Bonchev–Trinajstić information content (AvgIpc) is 2.94. The molecular weight excluding hydrogens is 336 g/mol. The summed E-state index contributed by atoms with van der Waals surface area (Å²) in [5, 5.41) is 5.42. The molecule has 1 aromatic heterocycles. The number of aromatic nitrogens is 1. The predicted molar refractivity (Wildman–Crippen MR) is 101 cm³/mol. The van der Waals surface area contributed by atoms with E-state index in [0.29, 0.717) is 18.2 Å². The summed E-state index contributed by atoms with van der Waals surface area (Å²) >= 11 is 1.42. The van der Waals surface area contributed by atoms with Crippen LogP contribution in [0, 0.1) is 0 Å². The number of hydrogen-bond donors (Lipinski definition) is 1. The van der Waals surface area contributed by atoms with Gasteiger partial charge in [-0.2, -0.15) is 0 Å². The van der Waals surface area contributed by atoms with Crippen molar-refractivity contribution < 1.29 is 9.59 Å². The zero-order chi connectivity index (χ0) is 18.4. The summed E-state index contributed by atoms with van der Waals surface area (Å²) in [4.78, 5) is 31.9. The number of thiazole rings is 1. The third-order valence-corrected chi connectivity index (χ3v) is 4.23. The molecule has 1 N–H and O–H groups in total. The molecule has 6 nitrogen and oxygen atoms in total. The van der Waals surface area contributed by atoms with Gasteiger partial charge in [0, 0.05) is 24.9 Å². The van der Waals surface area contributed by atoms with Gasteiger partial charge < -0.3 is 5.32 Å². The Kier molecular flexibility index (Phi) is 6.66. The highest BCUT2D eigenvalue weighted by Crippen LogP contribution is 2.28. The first-order valence-electron chi connectivity index (χ1n) is 8.15. The molecule has 0 unspecified atom stereocenters. The van der Waals surface area contributed by atoms with Crippen LogP contribution < -0.4 is 10.2 Å². The van der Waals surface area contributed by atoms with Crippen molar-refractivity contribution in [3.8, 4) is 0 Å². The van der Waals surface area contributed by atoms with Crippen LogP contribution in [-0.2, 0) is 16.1 Å². The molecule has 0 saturated carbocycles. The van der Waals surface area contributed by atoms with Crippen molar-refractivity contribution in [3.63, 3.8) is 0 Å². The van der Waals surface area contributed by atoms with Gasteiger partial charge in [-0.05, 0) is 33.0 Å². The van der Waals surface area contributed by atoms with Crippen LogP contribution in [0.5, 0.6) is 0 Å². The molecule has 0 fully saturated rings. The number of benzene rings is 1. The van der Waals surface area contributed by atoms with Crippen molar-refractivity contribution in [2.24, 2.45) is 0 Å². The quantitative estimate of drug-likeness (QED) is 0.825. The molecule has 0 spiro atoms. The Morgan fingerprint density at radius 1 is 1.24 bits per heavy atom. The number of anilines is 2. The van der Waals surface area contributed by atoms with Gasteiger partial charge in [-0.1, -0.05) is 18.2 Å². The van der Waals surface area contributed by atoms with E-state index in [9.17, 15) is 9.59 Å². The van der Waals surface area contributed by atoms with Gasteiger partial charge in [0.2, 0.25) is 11.8 Å². The average molecular weight is 360 g/mol. The van der Waals surface area contributed by atoms with Crippen LogP contribution in [0.1, 0.15) is 26.5 Å². The second-order valence-corrected chi connectivity index (χ2v) is 7.04. The van der Waals surface area contributed by atoms with Crippen molar-refractivity contribution in [1.82, 2.24) is 15.2 Å². The van der Waals surface area contributed by atoms with Crippen LogP contribution in [0.3, 0.4) is 0 Å². The zero-order valence-corrected chi connectivity index (χ0v) is 15.8. The Morgan fingerprint density at radius 2 is 1.92 bits per heavy atom. The molecule has 1 heterocycles. The minimum absolute atomic E-state index is 0.0115. The third-order valence-electron chi connectivity index (χ3n) is 3.36. The first-order valence-corrected chi connectivity index (χ1v) is 9.03. The number of para-hydroxylation sites is 1. The summed E-state index contributed by atoms with van der Waals surface area (Å²) in [6.45, 7) is 6.24. The standard InChI is InChI=1S/C18H24N4O2S/c1-13(2)19-17(24)11-21(4)10-15-12-25-18(20-15)22(14(3)23)16-8-6-5-7-9-16/h5-9,12-13H,10-11H2,1-4H3,(H,19,24). The summed E-state index contributed by atoms with van der Waals surface area (Å²) in [5.41, 5.74) is 1.63. The van der Waals surface area contributed by atoms with Crippen LogP contribution in [0.2, 0.25) is 0 Å². The second-order valence-electron chi connectivity index (χ2n) is 6.21. The highest BCUT2D eigenvalue weighted by Gasteiger charge is 2.18. The Balaban J connectivity index is 2.05. The summed E-state index contributed by atoms with van der Waals surface area (Å²) in [6, 6.07) is 9.57. The molecule has 0 atom stereocenters. The molecule has 25 heavy (non-hydrogen) atoms. The van der Waals surface area contributed by atoms with Crippen molar-refractivity contribution in [1.29, 1.82) is 0 Å². The lowest BCUT2D eigenvalue weighted by atomic mass is 10.3. The second kappa shape index (κ2) is 8.73. The number of likely N-dealkylation sites (N-methyl/N-ethyl adjacent to an activating group) is 1. The van der Waals surface area contributed by atoms with E-state index in [1.54, 1.807) is 4.90 Å². The maximum absolute atomic E-state index is 12.1. The van der Waals surface area contributed by atoms with Gasteiger partial charge in [0.1, 0.15) is 0 Å². The third kappa shape index (κ3) is 5.65. The van der Waals surface area contributed by atoms with Crippen LogP contribution in [0.25, 0.3) is 0 Å². The molecule has 0 aliphatic rings. The number of carbonyl (C=O) groups is 2. The van der Waals surface area contributed by atoms with E-state index >= 15 is 0 Å². The molecule has 0 bridgehead atoms. The van der Waals surface area contributed by atoms with Crippen molar-refractivity contribution in [2.75, 3.05) is 18.5 Å². The molecule has 0 aliphatic carbocycles. The SMILES string of the molecule is CC(=O)N(c1ccccc1)c1nc(CN(C)CC(=O)NC(C)C)cs1. The van der Waals surface area contributed by atoms with Crippen molar-refractivity contribution in [3.05, 3.63) is 41.4 Å². The van der Waals surface area contributed by atoms with Gasteiger partial charge in [-0.15, -0.1) is 11.3 Å². The highest BCUT2D eigenvalue weighted by atomic mass is 32.1. The molecule has 0 radical (unpaired) electrons. The fourth-order valence-electron chi connectivity index (χ4n) is 2.42. The number of amides is 2. The van der Waals surface area contributed by atoms with Crippen molar-refractivity contribution in [2.45, 2.75) is 33.4 Å². The molecule has 0 saturated heterocycles. The molecule has 0 aliphatic heterocycles. The van der Waals surface area contributed by atoms with Gasteiger partial charge in [-0.25, -0.2) is 4.98 Å². The minimum Gasteiger partial charge on any atom is -0.353 e. The molecule has 2 rings (SSSR count). The number of nitrogens with zero attached hydrogens (tertiary/aromatic N) is 3. The minimum atomic E-state index is -0.0863. The lowest BCUT2D eigenvalue weighted by Crippen LogP contribution is -2.38. The highest BCUT2D eigenvalue weighted by molar-refractivity contribution is 7.14. The number of carbonyl (C=O) groups excluding carboxylic acids is 2. The Morgan fingerprint density at radius 3 is 2.52 bits per heavy atom. The number of rotatable bonds is 7. The van der Waals surface area contributed by atoms with Gasteiger partial charge in [-0.3, -0.25) is 19.4 Å². The maximum atomic E-state index is 12.1. The normalized spacial score (nSPS) is 11.0. The van der Waals surface area contributed by atoms with E-state index in [1.807, 2.05) is 61.5 Å². The molecular formula is C18H24N4O2S. The van der Waals surface area contributed by atoms with E-state index in [4.69, 9.17) is 0 Å². The number of nitrogens with one attached hydrogen (secondary N) is 1. The molecule has 2 aromatic rings. The predicted octanol–water partition coefficient (Wildman–Crippen LogP) is 2.78. The summed E-state index contributed by atoms with van der Waals surface area (Å²) in [7, 11) is 1.87. The first kappa shape index (κ1) is 19.1. The summed E-state index contributed by atoms with van der Waals surface area (Å²) in [5.74, 6) is -0.0978. The van der Waals surface area contributed by atoms with E-state index in [1.165, 1.54) is 18.3 Å². The van der Waals surface area contributed by atoms with Crippen LogP contribution in [-0.4, -0.2) is 41.3 Å². The monoisotopic (exact) mass is 360 g/mol. The molecule has 2 amide bonds.